The highest BCUT2D eigenvalue weighted by atomic mass is 16.6. The van der Waals surface area contributed by atoms with Crippen molar-refractivity contribution in [2.75, 3.05) is 5.32 Å². The van der Waals surface area contributed by atoms with E-state index in [9.17, 15) is 9.59 Å². The van der Waals surface area contributed by atoms with Gasteiger partial charge in [0.05, 0.1) is 5.41 Å². The zero-order valence-electron chi connectivity index (χ0n) is 15.7. The van der Waals surface area contributed by atoms with E-state index in [0.717, 1.165) is 5.75 Å². The Bertz CT molecular complexity index is 890. The van der Waals surface area contributed by atoms with E-state index in [1.807, 2.05) is 51.1 Å². The minimum Gasteiger partial charge on any atom is -0.457 e. The molecule has 5 nitrogen and oxygen atoms in total. The van der Waals surface area contributed by atoms with Gasteiger partial charge < -0.3 is 14.8 Å². The normalized spacial score (nSPS) is 27.9. The average molecular weight is 365 g/mol. The molecular formula is C22H23NO4. The topological polar surface area (TPSA) is 64.6 Å². The van der Waals surface area contributed by atoms with Gasteiger partial charge in [0.15, 0.2) is 5.60 Å². The Balaban J connectivity index is 1.50. The maximum Gasteiger partial charge on any atom is 0.313 e. The van der Waals surface area contributed by atoms with Gasteiger partial charge in [0, 0.05) is 11.1 Å². The number of nitrogens with one attached hydrogen (secondary N) is 1. The third kappa shape index (κ3) is 2.45. The van der Waals surface area contributed by atoms with E-state index >= 15 is 0 Å². The van der Waals surface area contributed by atoms with Gasteiger partial charge in [-0.1, -0.05) is 32.0 Å². The van der Waals surface area contributed by atoms with E-state index in [-0.39, 0.29) is 11.9 Å². The number of carbonyl (C=O) groups is 2. The van der Waals surface area contributed by atoms with Crippen LogP contribution in [-0.4, -0.2) is 17.5 Å². The van der Waals surface area contributed by atoms with Crippen molar-refractivity contribution in [3.8, 4) is 11.5 Å². The lowest BCUT2D eigenvalue weighted by Gasteiger charge is -2.35. The second-order valence-electron chi connectivity index (χ2n) is 8.07. The first-order chi connectivity index (χ1) is 12.8. The fourth-order valence-electron chi connectivity index (χ4n) is 4.21. The maximum absolute atomic E-state index is 13.1. The number of ether oxygens (including phenoxy) is 2. The SMILES string of the molecule is CC1(C)[C@@]2(C(=O)Nc3ccc(Oc4ccccc4)cc3)CC[C@]1(C)C(=O)O2. The summed E-state index contributed by atoms with van der Waals surface area (Å²) in [7, 11) is 0. The van der Waals surface area contributed by atoms with Crippen molar-refractivity contribution in [3.05, 3.63) is 54.6 Å². The molecule has 2 aliphatic rings. The van der Waals surface area contributed by atoms with Crippen LogP contribution in [0.15, 0.2) is 54.6 Å². The predicted octanol–water partition coefficient (Wildman–Crippen LogP) is 4.54. The molecule has 2 fully saturated rings. The molecule has 1 aliphatic heterocycles. The maximum atomic E-state index is 13.1. The highest BCUT2D eigenvalue weighted by Gasteiger charge is 2.75. The molecule has 1 saturated carbocycles. The number of amides is 1. The first-order valence-electron chi connectivity index (χ1n) is 9.16. The molecule has 1 saturated heterocycles. The number of para-hydroxylation sites is 1. The Kier molecular flexibility index (Phi) is 3.81. The fourth-order valence-corrected chi connectivity index (χ4v) is 4.21. The monoisotopic (exact) mass is 365 g/mol. The number of hydrogen-bond acceptors (Lipinski definition) is 4. The van der Waals surface area contributed by atoms with Crippen molar-refractivity contribution in [2.45, 2.75) is 39.2 Å². The molecule has 1 amide bonds. The molecule has 0 unspecified atom stereocenters. The number of fused-ring (bicyclic) bond motifs is 2. The van der Waals surface area contributed by atoms with Crippen molar-refractivity contribution in [2.24, 2.45) is 10.8 Å². The second kappa shape index (κ2) is 5.84. The molecule has 0 spiro atoms. The minimum absolute atomic E-state index is 0.265. The first kappa shape index (κ1) is 17.6. The number of carbonyl (C=O) groups excluding carboxylic acids is 2. The smallest absolute Gasteiger partial charge is 0.313 e. The quantitative estimate of drug-likeness (QED) is 0.808. The molecule has 1 aliphatic carbocycles. The zero-order valence-corrected chi connectivity index (χ0v) is 15.7. The predicted molar refractivity (Wildman–Crippen MR) is 102 cm³/mol. The second-order valence-corrected chi connectivity index (χ2v) is 8.07. The summed E-state index contributed by atoms with van der Waals surface area (Å²) in [5.74, 6) is 0.885. The molecule has 2 aromatic rings. The highest BCUT2D eigenvalue weighted by molar-refractivity contribution is 6.03. The number of hydrogen-bond donors (Lipinski definition) is 1. The lowest BCUT2D eigenvalue weighted by molar-refractivity contribution is -0.165. The summed E-state index contributed by atoms with van der Waals surface area (Å²) < 4.78 is 11.4. The van der Waals surface area contributed by atoms with E-state index in [4.69, 9.17) is 9.47 Å². The number of rotatable bonds is 4. The summed E-state index contributed by atoms with van der Waals surface area (Å²) in [6.45, 7) is 5.79. The van der Waals surface area contributed by atoms with Crippen molar-refractivity contribution >= 4 is 17.6 Å². The Morgan fingerprint density at radius 3 is 2.15 bits per heavy atom. The van der Waals surface area contributed by atoms with Crippen LogP contribution in [0.2, 0.25) is 0 Å². The van der Waals surface area contributed by atoms with E-state index in [1.54, 1.807) is 24.3 Å². The summed E-state index contributed by atoms with van der Waals surface area (Å²) in [5.41, 5.74) is -1.64. The molecule has 2 bridgehead atoms. The molecule has 2 aromatic carbocycles. The van der Waals surface area contributed by atoms with E-state index in [1.165, 1.54) is 0 Å². The third-order valence-corrected chi connectivity index (χ3v) is 6.54. The fraction of sp³-hybridized carbons (Fsp3) is 0.364. The average Bonchev–Trinajstić information content (AvgIpc) is 2.95. The molecule has 1 heterocycles. The molecule has 4 rings (SSSR count). The standard InChI is InChI=1S/C22H23NO4/c1-20(2)21(3)13-14-22(20,27-19(21)25)18(24)23-15-9-11-17(12-10-15)26-16-7-5-4-6-8-16/h4-12H,13-14H2,1-3H3,(H,23,24)/t21-,22+/m1/s1. The minimum atomic E-state index is -1.11. The molecule has 5 heteroatoms. The van der Waals surface area contributed by atoms with Crippen LogP contribution >= 0.6 is 0 Å². The highest BCUT2D eigenvalue weighted by Crippen LogP contribution is 2.65. The van der Waals surface area contributed by atoms with Crippen molar-refractivity contribution in [1.29, 1.82) is 0 Å². The third-order valence-electron chi connectivity index (χ3n) is 6.54. The van der Waals surface area contributed by atoms with E-state index in [2.05, 4.69) is 5.32 Å². The number of benzene rings is 2. The summed E-state index contributed by atoms with van der Waals surface area (Å²) >= 11 is 0. The molecular weight excluding hydrogens is 342 g/mol. The van der Waals surface area contributed by atoms with Gasteiger partial charge in [-0.15, -0.1) is 0 Å². The summed E-state index contributed by atoms with van der Waals surface area (Å²) in [4.78, 5) is 25.4. The van der Waals surface area contributed by atoms with Gasteiger partial charge in [-0.3, -0.25) is 9.59 Å². The van der Waals surface area contributed by atoms with Crippen LogP contribution in [0.1, 0.15) is 33.6 Å². The molecule has 0 radical (unpaired) electrons. The van der Waals surface area contributed by atoms with Crippen LogP contribution in [-0.2, 0) is 14.3 Å². The summed E-state index contributed by atoms with van der Waals surface area (Å²) in [6.07, 6.45) is 1.21. The largest absolute Gasteiger partial charge is 0.457 e. The molecule has 140 valence electrons. The van der Waals surface area contributed by atoms with Gasteiger partial charge >= 0.3 is 5.97 Å². The molecule has 2 atom stereocenters. The van der Waals surface area contributed by atoms with Crippen LogP contribution in [0.25, 0.3) is 0 Å². The number of anilines is 1. The molecule has 27 heavy (non-hydrogen) atoms. The van der Waals surface area contributed by atoms with Crippen LogP contribution < -0.4 is 10.1 Å². The van der Waals surface area contributed by atoms with Gasteiger partial charge in [-0.25, -0.2) is 0 Å². The van der Waals surface area contributed by atoms with Gasteiger partial charge in [0.25, 0.3) is 5.91 Å². The molecule has 0 aromatic heterocycles. The Labute approximate surface area is 158 Å². The summed E-state index contributed by atoms with van der Waals surface area (Å²) in [6, 6.07) is 16.7. The van der Waals surface area contributed by atoms with Gasteiger partial charge in [-0.05, 0) is 56.2 Å². The van der Waals surface area contributed by atoms with Crippen molar-refractivity contribution in [1.82, 2.24) is 0 Å². The lowest BCUT2D eigenvalue weighted by Crippen LogP contribution is -2.50. The van der Waals surface area contributed by atoms with Crippen LogP contribution in [0.3, 0.4) is 0 Å². The van der Waals surface area contributed by atoms with Crippen LogP contribution in [0, 0.1) is 10.8 Å². The van der Waals surface area contributed by atoms with E-state index in [0.29, 0.717) is 24.3 Å². The van der Waals surface area contributed by atoms with Gasteiger partial charge in [0.2, 0.25) is 0 Å². The first-order valence-corrected chi connectivity index (χ1v) is 9.16. The Morgan fingerprint density at radius 2 is 1.59 bits per heavy atom. The van der Waals surface area contributed by atoms with E-state index < -0.39 is 16.4 Å². The van der Waals surface area contributed by atoms with Gasteiger partial charge in [-0.2, -0.15) is 0 Å². The summed E-state index contributed by atoms with van der Waals surface area (Å²) in [5, 5.41) is 2.92. The van der Waals surface area contributed by atoms with Crippen molar-refractivity contribution < 1.29 is 19.1 Å². The Morgan fingerprint density at radius 1 is 0.963 bits per heavy atom. The van der Waals surface area contributed by atoms with Crippen LogP contribution in [0.5, 0.6) is 11.5 Å². The zero-order chi connectivity index (χ0) is 19.3. The Hall–Kier alpha value is -2.82. The number of esters is 1. The molecule has 1 N–H and O–H groups in total. The van der Waals surface area contributed by atoms with Crippen molar-refractivity contribution in [3.63, 3.8) is 0 Å². The lowest BCUT2D eigenvalue weighted by atomic mass is 9.66. The van der Waals surface area contributed by atoms with Gasteiger partial charge in [0.1, 0.15) is 11.5 Å². The van der Waals surface area contributed by atoms with Crippen LogP contribution in [0.4, 0.5) is 5.69 Å².